The topological polar surface area (TPSA) is 49.8 Å². The fraction of sp³-hybridized carbons (Fsp3) is 0.286. The molecule has 0 spiro atoms. The molecule has 0 bridgehead atoms. The van der Waals surface area contributed by atoms with E-state index in [1.165, 1.54) is 0 Å². The van der Waals surface area contributed by atoms with E-state index in [2.05, 4.69) is 18.2 Å². The Bertz CT molecular complexity index is 905. The van der Waals surface area contributed by atoms with Crippen LogP contribution in [0.5, 0.6) is 11.5 Å². The van der Waals surface area contributed by atoms with E-state index in [0.717, 1.165) is 27.7 Å². The standard InChI is InChI=1S/C21H21NO4/c1-23-18-11-15-10-17(14-6-4-3-5-7-14)22-21(16(15)12-19(18)24-2)20-13-25-8-9-26-20/h3-7,10-12,20H,8-9,13H2,1-2H3. The lowest BCUT2D eigenvalue weighted by molar-refractivity contribution is -0.0911. The van der Waals surface area contributed by atoms with Crippen LogP contribution < -0.4 is 9.47 Å². The first-order chi connectivity index (χ1) is 12.8. The number of benzene rings is 2. The van der Waals surface area contributed by atoms with E-state index in [4.69, 9.17) is 23.9 Å². The van der Waals surface area contributed by atoms with Gasteiger partial charge in [0.1, 0.15) is 6.10 Å². The summed E-state index contributed by atoms with van der Waals surface area (Å²) in [7, 11) is 3.28. The van der Waals surface area contributed by atoms with Crippen molar-refractivity contribution in [3.63, 3.8) is 0 Å². The zero-order valence-electron chi connectivity index (χ0n) is 14.9. The molecule has 3 aromatic rings. The average molecular weight is 351 g/mol. The van der Waals surface area contributed by atoms with Crippen LogP contribution in [-0.4, -0.2) is 39.0 Å². The number of pyridine rings is 1. The zero-order chi connectivity index (χ0) is 17.9. The highest BCUT2D eigenvalue weighted by Crippen LogP contribution is 2.37. The summed E-state index contributed by atoms with van der Waals surface area (Å²) in [5.74, 6) is 1.37. The van der Waals surface area contributed by atoms with Gasteiger partial charge in [0.25, 0.3) is 0 Å². The number of methoxy groups -OCH3 is 2. The van der Waals surface area contributed by atoms with Crippen LogP contribution in [0, 0.1) is 0 Å². The van der Waals surface area contributed by atoms with Crippen molar-refractivity contribution in [3.8, 4) is 22.8 Å². The summed E-state index contributed by atoms with van der Waals surface area (Å²) in [4.78, 5) is 4.92. The monoisotopic (exact) mass is 351 g/mol. The maximum atomic E-state index is 5.93. The van der Waals surface area contributed by atoms with Crippen LogP contribution in [0.25, 0.3) is 22.0 Å². The molecule has 5 nitrogen and oxygen atoms in total. The first-order valence-corrected chi connectivity index (χ1v) is 8.61. The molecule has 2 heterocycles. The van der Waals surface area contributed by atoms with Gasteiger partial charge in [0.05, 0.1) is 45.4 Å². The largest absolute Gasteiger partial charge is 0.493 e. The van der Waals surface area contributed by atoms with Crippen molar-refractivity contribution in [1.82, 2.24) is 4.98 Å². The Labute approximate surface area is 152 Å². The normalized spacial score (nSPS) is 17.2. The first-order valence-electron chi connectivity index (χ1n) is 8.61. The van der Waals surface area contributed by atoms with Gasteiger partial charge in [-0.15, -0.1) is 0 Å². The van der Waals surface area contributed by atoms with Crippen molar-refractivity contribution < 1.29 is 18.9 Å². The van der Waals surface area contributed by atoms with Gasteiger partial charge in [-0.3, -0.25) is 0 Å². The molecule has 1 aliphatic rings. The van der Waals surface area contributed by atoms with Gasteiger partial charge in [-0.25, -0.2) is 4.98 Å². The van der Waals surface area contributed by atoms with Crippen LogP contribution >= 0.6 is 0 Å². The third-order valence-corrected chi connectivity index (χ3v) is 4.56. The van der Waals surface area contributed by atoms with Gasteiger partial charge < -0.3 is 18.9 Å². The van der Waals surface area contributed by atoms with Gasteiger partial charge in [-0.1, -0.05) is 30.3 Å². The van der Waals surface area contributed by atoms with Crippen LogP contribution in [0.4, 0.5) is 0 Å². The first kappa shape index (κ1) is 16.8. The van der Waals surface area contributed by atoms with Gasteiger partial charge in [0, 0.05) is 10.9 Å². The number of nitrogens with zero attached hydrogens (tertiary/aromatic N) is 1. The molecule has 0 radical (unpaired) electrons. The highest BCUT2D eigenvalue weighted by Gasteiger charge is 2.23. The summed E-state index contributed by atoms with van der Waals surface area (Å²) in [6, 6.07) is 16.1. The Morgan fingerprint density at radius 1 is 0.962 bits per heavy atom. The minimum absolute atomic E-state index is 0.201. The number of fused-ring (bicyclic) bond motifs is 1. The highest BCUT2D eigenvalue weighted by atomic mass is 16.6. The van der Waals surface area contributed by atoms with E-state index in [-0.39, 0.29) is 6.10 Å². The number of aromatic nitrogens is 1. The molecule has 1 aliphatic heterocycles. The van der Waals surface area contributed by atoms with Crippen molar-refractivity contribution >= 4 is 10.8 Å². The molecular weight excluding hydrogens is 330 g/mol. The Morgan fingerprint density at radius 2 is 1.73 bits per heavy atom. The average Bonchev–Trinajstić information content (AvgIpc) is 2.73. The minimum Gasteiger partial charge on any atom is -0.493 e. The molecule has 4 rings (SSSR count). The molecule has 26 heavy (non-hydrogen) atoms. The van der Waals surface area contributed by atoms with E-state index < -0.39 is 0 Å². The lowest BCUT2D eigenvalue weighted by Crippen LogP contribution is -2.23. The van der Waals surface area contributed by atoms with Gasteiger partial charge >= 0.3 is 0 Å². The maximum Gasteiger partial charge on any atom is 0.161 e. The number of hydrogen-bond donors (Lipinski definition) is 0. The van der Waals surface area contributed by atoms with E-state index in [1.807, 2.05) is 30.3 Å². The molecule has 0 N–H and O–H groups in total. The summed E-state index contributed by atoms with van der Waals surface area (Å²) >= 11 is 0. The predicted octanol–water partition coefficient (Wildman–Crippen LogP) is 4.01. The smallest absolute Gasteiger partial charge is 0.161 e. The molecule has 1 saturated heterocycles. The second-order valence-electron chi connectivity index (χ2n) is 6.12. The Balaban J connectivity index is 1.94. The molecule has 1 aromatic heterocycles. The lowest BCUT2D eigenvalue weighted by atomic mass is 10.0. The molecule has 1 atom stereocenters. The highest BCUT2D eigenvalue weighted by molar-refractivity contribution is 5.91. The van der Waals surface area contributed by atoms with Crippen molar-refractivity contribution in [2.24, 2.45) is 0 Å². The Morgan fingerprint density at radius 3 is 2.42 bits per heavy atom. The molecule has 0 amide bonds. The number of hydrogen-bond acceptors (Lipinski definition) is 5. The fourth-order valence-corrected chi connectivity index (χ4v) is 3.25. The van der Waals surface area contributed by atoms with Gasteiger partial charge in [0.15, 0.2) is 11.5 Å². The van der Waals surface area contributed by atoms with E-state index in [0.29, 0.717) is 31.3 Å². The summed E-state index contributed by atoms with van der Waals surface area (Å²) in [6.45, 7) is 1.68. The molecule has 0 saturated carbocycles. The fourth-order valence-electron chi connectivity index (χ4n) is 3.25. The SMILES string of the molecule is COc1cc2cc(-c3ccccc3)nc(C3COCCO3)c2cc1OC. The van der Waals surface area contributed by atoms with Gasteiger partial charge in [0.2, 0.25) is 0 Å². The van der Waals surface area contributed by atoms with E-state index >= 15 is 0 Å². The lowest BCUT2D eigenvalue weighted by Gasteiger charge is -2.24. The quantitative estimate of drug-likeness (QED) is 0.711. The molecule has 134 valence electrons. The van der Waals surface area contributed by atoms with Gasteiger partial charge in [-0.2, -0.15) is 0 Å². The molecular formula is C21H21NO4. The third kappa shape index (κ3) is 3.11. The number of ether oxygens (including phenoxy) is 4. The van der Waals surface area contributed by atoms with E-state index in [9.17, 15) is 0 Å². The predicted molar refractivity (Wildman–Crippen MR) is 99.8 cm³/mol. The molecule has 1 unspecified atom stereocenters. The number of rotatable bonds is 4. The van der Waals surface area contributed by atoms with Crippen molar-refractivity contribution in [1.29, 1.82) is 0 Å². The van der Waals surface area contributed by atoms with Crippen molar-refractivity contribution in [2.45, 2.75) is 6.10 Å². The summed E-state index contributed by atoms with van der Waals surface area (Å²) in [5, 5.41) is 2.01. The van der Waals surface area contributed by atoms with Crippen LogP contribution in [0.2, 0.25) is 0 Å². The second-order valence-corrected chi connectivity index (χ2v) is 6.12. The second kappa shape index (κ2) is 7.32. The van der Waals surface area contributed by atoms with E-state index in [1.54, 1.807) is 14.2 Å². The summed E-state index contributed by atoms with van der Waals surface area (Å²) in [5.41, 5.74) is 2.82. The Kier molecular flexibility index (Phi) is 4.73. The van der Waals surface area contributed by atoms with Crippen molar-refractivity contribution in [2.75, 3.05) is 34.0 Å². The molecule has 0 aliphatic carbocycles. The van der Waals surface area contributed by atoms with Crippen LogP contribution in [-0.2, 0) is 9.47 Å². The maximum absolute atomic E-state index is 5.93. The molecule has 5 heteroatoms. The minimum atomic E-state index is -0.201. The summed E-state index contributed by atoms with van der Waals surface area (Å²) in [6.07, 6.45) is -0.201. The van der Waals surface area contributed by atoms with Gasteiger partial charge in [-0.05, 0) is 23.6 Å². The summed E-state index contributed by atoms with van der Waals surface area (Å²) < 4.78 is 22.5. The zero-order valence-corrected chi connectivity index (χ0v) is 14.9. The van der Waals surface area contributed by atoms with Crippen LogP contribution in [0.15, 0.2) is 48.5 Å². The Hall–Kier alpha value is -2.63. The van der Waals surface area contributed by atoms with Crippen molar-refractivity contribution in [3.05, 3.63) is 54.2 Å². The molecule has 1 fully saturated rings. The van der Waals surface area contributed by atoms with Crippen LogP contribution in [0.1, 0.15) is 11.8 Å². The molecule has 2 aromatic carbocycles. The van der Waals surface area contributed by atoms with Crippen LogP contribution in [0.3, 0.4) is 0 Å². The third-order valence-electron chi connectivity index (χ3n) is 4.56.